The van der Waals surface area contributed by atoms with Gasteiger partial charge >= 0.3 is 0 Å². The van der Waals surface area contributed by atoms with Crippen molar-refractivity contribution in [1.29, 1.82) is 0 Å². The highest BCUT2D eigenvalue weighted by atomic mass is 16.2. The Labute approximate surface area is 125 Å². The number of nitrogens with one attached hydrogen (secondary N) is 1. The molecule has 1 aliphatic heterocycles. The van der Waals surface area contributed by atoms with Crippen molar-refractivity contribution in [2.24, 2.45) is 11.7 Å². The van der Waals surface area contributed by atoms with Gasteiger partial charge in [0, 0.05) is 26.6 Å². The van der Waals surface area contributed by atoms with Crippen molar-refractivity contribution in [3.63, 3.8) is 0 Å². The lowest BCUT2D eigenvalue weighted by Crippen LogP contribution is -2.46. The number of nitrogens with two attached hydrogens (primary N) is 1. The van der Waals surface area contributed by atoms with E-state index in [0.717, 1.165) is 24.9 Å². The summed E-state index contributed by atoms with van der Waals surface area (Å²) < 4.78 is 0. The van der Waals surface area contributed by atoms with Crippen LogP contribution in [-0.4, -0.2) is 36.3 Å². The molecule has 3 N–H and O–H groups in total. The van der Waals surface area contributed by atoms with Crippen LogP contribution in [0, 0.1) is 5.92 Å². The molecule has 0 unspecified atom stereocenters. The van der Waals surface area contributed by atoms with Crippen molar-refractivity contribution in [2.45, 2.75) is 25.8 Å². The van der Waals surface area contributed by atoms with Gasteiger partial charge in [0.2, 0.25) is 11.8 Å². The van der Waals surface area contributed by atoms with E-state index < -0.39 is 6.04 Å². The van der Waals surface area contributed by atoms with E-state index in [9.17, 15) is 9.59 Å². The molecule has 114 valence electrons. The van der Waals surface area contributed by atoms with Gasteiger partial charge in [-0.05, 0) is 24.3 Å². The second-order valence-electron chi connectivity index (χ2n) is 5.62. The number of hydrogen-bond donors (Lipinski definition) is 2. The molecule has 0 radical (unpaired) electrons. The van der Waals surface area contributed by atoms with Gasteiger partial charge in [0.25, 0.3) is 0 Å². The van der Waals surface area contributed by atoms with Gasteiger partial charge in [-0.15, -0.1) is 0 Å². The summed E-state index contributed by atoms with van der Waals surface area (Å²) in [6.07, 6.45) is 1.99. The summed E-state index contributed by atoms with van der Waals surface area (Å²) in [7, 11) is 0. The number of likely N-dealkylation sites (tertiary alicyclic amines) is 1. The van der Waals surface area contributed by atoms with Crippen LogP contribution in [0.3, 0.4) is 0 Å². The summed E-state index contributed by atoms with van der Waals surface area (Å²) in [5, 5.41) is 2.83. The van der Waals surface area contributed by atoms with Crippen LogP contribution < -0.4 is 11.1 Å². The molecule has 2 amide bonds. The van der Waals surface area contributed by atoms with E-state index in [2.05, 4.69) is 5.32 Å². The molecule has 1 heterocycles. The average Bonchev–Trinajstić information content (AvgIpc) is 2.52. The lowest BCUT2D eigenvalue weighted by atomic mass is 9.96. The van der Waals surface area contributed by atoms with Crippen LogP contribution in [0.1, 0.15) is 31.4 Å². The molecule has 5 heteroatoms. The van der Waals surface area contributed by atoms with E-state index in [4.69, 9.17) is 5.73 Å². The minimum absolute atomic E-state index is 0.0283. The number of hydrogen-bond acceptors (Lipinski definition) is 3. The summed E-state index contributed by atoms with van der Waals surface area (Å²) in [4.78, 5) is 25.3. The Morgan fingerprint density at radius 1 is 1.38 bits per heavy atom. The molecule has 5 nitrogen and oxygen atoms in total. The van der Waals surface area contributed by atoms with Gasteiger partial charge in [-0.25, -0.2) is 0 Å². The summed E-state index contributed by atoms with van der Waals surface area (Å²) in [6, 6.07) is 8.83. The highest BCUT2D eigenvalue weighted by Crippen LogP contribution is 2.20. The number of carbonyl (C=O) groups is 2. The molecule has 0 spiro atoms. The number of amides is 2. The van der Waals surface area contributed by atoms with E-state index in [0.29, 0.717) is 19.0 Å². The molecule has 1 saturated heterocycles. The van der Waals surface area contributed by atoms with Gasteiger partial charge in [0.1, 0.15) is 6.04 Å². The van der Waals surface area contributed by atoms with Gasteiger partial charge < -0.3 is 16.0 Å². The fourth-order valence-corrected chi connectivity index (χ4v) is 2.72. The Morgan fingerprint density at radius 2 is 2.10 bits per heavy atom. The average molecular weight is 289 g/mol. The number of benzene rings is 1. The number of rotatable bonds is 4. The molecular formula is C16H23N3O2. The Kier molecular flexibility index (Phi) is 5.33. The highest BCUT2D eigenvalue weighted by molar-refractivity contribution is 5.83. The molecule has 0 bridgehead atoms. The second-order valence-corrected chi connectivity index (χ2v) is 5.62. The molecule has 1 aromatic carbocycles. The van der Waals surface area contributed by atoms with Crippen molar-refractivity contribution < 1.29 is 9.59 Å². The summed E-state index contributed by atoms with van der Waals surface area (Å²) >= 11 is 0. The predicted octanol–water partition coefficient (Wildman–Crippen LogP) is 1.06. The molecular weight excluding hydrogens is 266 g/mol. The zero-order chi connectivity index (χ0) is 15.2. The first-order chi connectivity index (χ1) is 10.1. The molecule has 1 aliphatic rings. The highest BCUT2D eigenvalue weighted by Gasteiger charge is 2.27. The SMILES string of the molecule is CC(=O)NC[C@H]1CCCN(C(=O)[C@@H](N)c2ccccc2)C1. The summed E-state index contributed by atoms with van der Waals surface area (Å²) in [5.41, 5.74) is 6.92. The van der Waals surface area contributed by atoms with E-state index in [1.807, 2.05) is 35.2 Å². The van der Waals surface area contributed by atoms with Gasteiger partial charge in [-0.2, -0.15) is 0 Å². The fourth-order valence-electron chi connectivity index (χ4n) is 2.72. The lowest BCUT2D eigenvalue weighted by Gasteiger charge is -2.34. The van der Waals surface area contributed by atoms with Crippen molar-refractivity contribution in [3.8, 4) is 0 Å². The van der Waals surface area contributed by atoms with E-state index in [1.54, 1.807) is 0 Å². The number of carbonyl (C=O) groups excluding carboxylic acids is 2. The van der Waals surface area contributed by atoms with Crippen molar-refractivity contribution >= 4 is 11.8 Å². The van der Waals surface area contributed by atoms with Gasteiger partial charge in [-0.3, -0.25) is 9.59 Å². The van der Waals surface area contributed by atoms with E-state index in [-0.39, 0.29) is 11.8 Å². The quantitative estimate of drug-likeness (QED) is 0.870. The maximum Gasteiger partial charge on any atom is 0.244 e. The molecule has 21 heavy (non-hydrogen) atoms. The summed E-state index contributed by atoms with van der Waals surface area (Å²) in [5.74, 6) is 0.253. The maximum atomic E-state index is 12.5. The molecule has 2 rings (SSSR count). The zero-order valence-electron chi connectivity index (χ0n) is 12.4. The number of piperidine rings is 1. The van der Waals surface area contributed by atoms with Crippen LogP contribution in [0.25, 0.3) is 0 Å². The van der Waals surface area contributed by atoms with Crippen LogP contribution in [0.4, 0.5) is 0 Å². The third-order valence-corrected chi connectivity index (χ3v) is 3.90. The summed E-state index contributed by atoms with van der Waals surface area (Å²) in [6.45, 7) is 3.55. The van der Waals surface area contributed by atoms with E-state index >= 15 is 0 Å². The third-order valence-electron chi connectivity index (χ3n) is 3.90. The Hall–Kier alpha value is -1.88. The largest absolute Gasteiger partial charge is 0.356 e. The molecule has 0 aliphatic carbocycles. The van der Waals surface area contributed by atoms with Crippen LogP contribution in [-0.2, 0) is 9.59 Å². The van der Waals surface area contributed by atoms with Gasteiger partial charge in [0.05, 0.1) is 0 Å². The molecule has 2 atom stereocenters. The first-order valence-corrected chi connectivity index (χ1v) is 7.41. The Balaban J connectivity index is 1.94. The standard InChI is InChI=1S/C16H23N3O2/c1-12(20)18-10-13-6-5-9-19(11-13)16(21)15(17)14-7-3-2-4-8-14/h2-4,7-8,13,15H,5-6,9-11,17H2,1H3,(H,18,20)/t13-,15+/m1/s1. The van der Waals surface area contributed by atoms with Crippen molar-refractivity contribution in [3.05, 3.63) is 35.9 Å². The fraction of sp³-hybridized carbons (Fsp3) is 0.500. The van der Waals surface area contributed by atoms with Crippen LogP contribution in [0.5, 0.6) is 0 Å². The third kappa shape index (κ3) is 4.29. The second kappa shape index (κ2) is 7.22. The van der Waals surface area contributed by atoms with Crippen LogP contribution in [0.2, 0.25) is 0 Å². The number of nitrogens with zero attached hydrogens (tertiary/aromatic N) is 1. The lowest BCUT2D eigenvalue weighted by molar-refractivity contribution is -0.134. The molecule has 1 aromatic rings. The zero-order valence-corrected chi connectivity index (χ0v) is 12.4. The Bertz CT molecular complexity index is 490. The Morgan fingerprint density at radius 3 is 2.76 bits per heavy atom. The minimum atomic E-state index is -0.606. The van der Waals surface area contributed by atoms with Crippen molar-refractivity contribution in [1.82, 2.24) is 10.2 Å². The van der Waals surface area contributed by atoms with Crippen molar-refractivity contribution in [2.75, 3.05) is 19.6 Å². The maximum absolute atomic E-state index is 12.5. The first kappa shape index (κ1) is 15.5. The van der Waals surface area contributed by atoms with Gasteiger partial charge in [0.15, 0.2) is 0 Å². The van der Waals surface area contributed by atoms with Gasteiger partial charge in [-0.1, -0.05) is 30.3 Å². The topological polar surface area (TPSA) is 75.4 Å². The molecule has 0 aromatic heterocycles. The normalized spacial score (nSPS) is 19.9. The smallest absolute Gasteiger partial charge is 0.244 e. The first-order valence-electron chi connectivity index (χ1n) is 7.41. The minimum Gasteiger partial charge on any atom is -0.356 e. The monoisotopic (exact) mass is 289 g/mol. The van der Waals surface area contributed by atoms with Crippen LogP contribution >= 0.6 is 0 Å². The van der Waals surface area contributed by atoms with Crippen LogP contribution in [0.15, 0.2) is 30.3 Å². The predicted molar refractivity (Wildman–Crippen MR) is 81.4 cm³/mol. The van der Waals surface area contributed by atoms with E-state index in [1.165, 1.54) is 6.92 Å². The molecule has 1 fully saturated rings. The molecule has 0 saturated carbocycles.